The SMILES string of the molecule is CC(=O)Br.CC(=O)N1CCN(C(=O)c2ccc(-c3csc(-c4ccnc(C(C)(C)C)c4)c3)c(Cl)c2)CC1.CC(C)(C)c1cc(-c2cc(-c3ccc(C(=O)N4CCNCC4)cc3Cl)cs2)ccn1.CCN(CC)CC. The van der Waals surface area contributed by atoms with Crippen LogP contribution in [0.5, 0.6) is 0 Å². The summed E-state index contributed by atoms with van der Waals surface area (Å²) in [6.45, 7) is 31.4. The molecule has 74 heavy (non-hydrogen) atoms. The highest BCUT2D eigenvalue weighted by Crippen LogP contribution is 2.39. The monoisotopic (exact) mass is 1140 g/mol. The van der Waals surface area contributed by atoms with Gasteiger partial charge in [-0.15, -0.1) is 22.7 Å². The smallest absolute Gasteiger partial charge is 0.254 e. The number of halogens is 3. The maximum atomic E-state index is 12.9. The number of rotatable bonds is 9. The van der Waals surface area contributed by atoms with Crippen LogP contribution in [0.25, 0.3) is 43.1 Å². The summed E-state index contributed by atoms with van der Waals surface area (Å²) in [5.41, 5.74) is 9.58. The Balaban J connectivity index is 0.000000229. The van der Waals surface area contributed by atoms with Gasteiger partial charge in [-0.05, 0) is 129 Å². The highest BCUT2D eigenvalue weighted by Gasteiger charge is 2.25. The summed E-state index contributed by atoms with van der Waals surface area (Å²) >= 11 is 19.2. The molecule has 16 heteroatoms. The number of thiophene rings is 2. The third-order valence-corrected chi connectivity index (χ3v) is 15.2. The zero-order valence-electron chi connectivity index (χ0n) is 44.8. The van der Waals surface area contributed by atoms with Crippen molar-refractivity contribution in [2.75, 3.05) is 72.0 Å². The second-order valence-electron chi connectivity index (χ2n) is 20.1. The normalized spacial score (nSPS) is 13.7. The van der Waals surface area contributed by atoms with Crippen LogP contribution < -0.4 is 5.32 Å². The summed E-state index contributed by atoms with van der Waals surface area (Å²) in [7, 11) is 0. The van der Waals surface area contributed by atoms with Gasteiger partial charge >= 0.3 is 0 Å². The molecule has 2 aliphatic heterocycles. The number of benzene rings is 2. The van der Waals surface area contributed by atoms with E-state index < -0.39 is 0 Å². The Morgan fingerprint density at radius 1 is 0.581 bits per heavy atom. The minimum absolute atomic E-state index is 0.00615. The number of aromatic nitrogens is 2. The summed E-state index contributed by atoms with van der Waals surface area (Å²) in [5.74, 6) is 0.0395. The standard InChI is InChI=1S/C26H28ClN3O2S.C24H26ClN3OS.C6H15N.C2H3BrO/c1-17(31)29-9-11-30(12-10-29)25(32)19-5-6-21(22(27)13-19)20-14-23(33-16-20)18-7-8-28-24(15-18)26(2,3)4;1-24(2,3)22-14-16(6-7-27-22)21-13-18(15-30-21)19-5-4-17(12-20(19)25)23(29)28-10-8-26-9-11-28;1-4-7(5-2)6-3;1-2(3)4/h5-8,13-16H,9-12H2,1-4H3;4-7,12-15,26H,8-11H2,1-3H3;4-6H2,1-3H3;1H3. The van der Waals surface area contributed by atoms with Gasteiger partial charge in [0.25, 0.3) is 11.8 Å². The van der Waals surface area contributed by atoms with E-state index >= 15 is 0 Å². The average Bonchev–Trinajstić information content (AvgIpc) is 4.08. The van der Waals surface area contributed by atoms with Crippen LogP contribution >= 0.6 is 61.8 Å². The molecule has 2 aromatic carbocycles. The zero-order chi connectivity index (χ0) is 54.3. The van der Waals surface area contributed by atoms with E-state index in [-0.39, 0.29) is 33.2 Å². The number of hydrogen-bond donors (Lipinski definition) is 1. The van der Waals surface area contributed by atoms with Gasteiger partial charge in [0, 0.05) is 143 Å². The molecule has 0 unspecified atom stereocenters. The summed E-state index contributed by atoms with van der Waals surface area (Å²) in [6, 6.07) is 23.8. The molecule has 0 bridgehead atoms. The second-order valence-corrected chi connectivity index (χ2v) is 23.8. The van der Waals surface area contributed by atoms with Crippen molar-refractivity contribution in [2.45, 2.75) is 87.0 Å². The predicted octanol–water partition coefficient (Wildman–Crippen LogP) is 13.5. The van der Waals surface area contributed by atoms with Gasteiger partial charge in [0.15, 0.2) is 4.69 Å². The zero-order valence-corrected chi connectivity index (χ0v) is 49.5. The molecule has 4 aromatic heterocycles. The average molecular weight is 1150 g/mol. The van der Waals surface area contributed by atoms with Gasteiger partial charge in [-0.25, -0.2) is 0 Å². The fourth-order valence-corrected chi connectivity index (χ4v) is 10.5. The lowest BCUT2D eigenvalue weighted by Gasteiger charge is -2.34. The molecular formula is C58H72BrCl2N7O4S2. The molecule has 2 saturated heterocycles. The number of amides is 3. The Morgan fingerprint density at radius 3 is 1.30 bits per heavy atom. The summed E-state index contributed by atoms with van der Waals surface area (Å²) in [5, 5.41) is 8.63. The van der Waals surface area contributed by atoms with Crippen LogP contribution in [0, 0.1) is 0 Å². The van der Waals surface area contributed by atoms with Crippen LogP contribution in [0.4, 0.5) is 0 Å². The van der Waals surface area contributed by atoms with Crippen LogP contribution in [0.15, 0.2) is 96.0 Å². The van der Waals surface area contributed by atoms with Crippen molar-refractivity contribution >= 4 is 84.2 Å². The topological polar surface area (TPSA) is 119 Å². The fraction of sp³-hybridized carbons (Fsp3) is 0.414. The van der Waals surface area contributed by atoms with Crippen LogP contribution in [0.1, 0.15) is 108 Å². The van der Waals surface area contributed by atoms with Gasteiger partial charge in [0.2, 0.25) is 5.91 Å². The number of nitrogens with one attached hydrogen (secondary N) is 1. The Hall–Kier alpha value is -4.80. The molecule has 6 aromatic rings. The Morgan fingerprint density at radius 2 is 0.959 bits per heavy atom. The van der Waals surface area contributed by atoms with Gasteiger partial charge in [-0.3, -0.25) is 29.1 Å². The summed E-state index contributed by atoms with van der Waals surface area (Å²) in [4.78, 5) is 65.7. The molecule has 1 N–H and O–H groups in total. The Bertz CT molecular complexity index is 2830. The molecule has 396 valence electrons. The van der Waals surface area contributed by atoms with E-state index in [9.17, 15) is 19.2 Å². The lowest BCUT2D eigenvalue weighted by Crippen LogP contribution is -2.50. The molecule has 0 spiro atoms. The summed E-state index contributed by atoms with van der Waals surface area (Å²) in [6.07, 6.45) is 3.73. The first kappa shape index (κ1) is 60.1. The third kappa shape index (κ3) is 17.1. The molecular weight excluding hydrogens is 1070 g/mol. The quantitative estimate of drug-likeness (QED) is 0.142. The van der Waals surface area contributed by atoms with E-state index in [1.165, 1.54) is 31.4 Å². The number of carbonyl (C=O) groups is 4. The molecule has 0 atom stereocenters. The van der Waals surface area contributed by atoms with Crippen molar-refractivity contribution in [3.63, 3.8) is 0 Å². The van der Waals surface area contributed by atoms with Gasteiger partial charge in [-0.1, -0.05) is 97.6 Å². The number of carbonyl (C=O) groups excluding carboxylic acids is 4. The molecule has 0 aliphatic carbocycles. The van der Waals surface area contributed by atoms with Crippen LogP contribution in [-0.2, 0) is 20.4 Å². The van der Waals surface area contributed by atoms with Crippen molar-refractivity contribution in [1.29, 1.82) is 0 Å². The second kappa shape index (κ2) is 27.8. The number of nitrogens with zero attached hydrogens (tertiary/aromatic N) is 6. The van der Waals surface area contributed by atoms with Crippen molar-refractivity contribution in [3.05, 3.63) is 129 Å². The van der Waals surface area contributed by atoms with Gasteiger partial charge in [0.05, 0.1) is 0 Å². The van der Waals surface area contributed by atoms with Crippen LogP contribution in [0.2, 0.25) is 10.0 Å². The highest BCUT2D eigenvalue weighted by atomic mass is 79.9. The van der Waals surface area contributed by atoms with Gasteiger partial charge in [-0.2, -0.15) is 0 Å². The molecule has 11 nitrogen and oxygen atoms in total. The maximum absolute atomic E-state index is 12.9. The van der Waals surface area contributed by atoms with E-state index in [0.717, 1.165) is 75.8 Å². The minimum Gasteiger partial charge on any atom is -0.339 e. The first-order valence-corrected chi connectivity index (χ1v) is 28.5. The molecule has 6 heterocycles. The molecule has 8 rings (SSSR count). The lowest BCUT2D eigenvalue weighted by molar-refractivity contribution is -0.130. The Kier molecular flexibility index (Phi) is 22.6. The van der Waals surface area contributed by atoms with E-state index in [0.29, 0.717) is 47.4 Å². The maximum Gasteiger partial charge on any atom is 0.254 e. The molecule has 2 aliphatic rings. The van der Waals surface area contributed by atoms with E-state index in [1.807, 2.05) is 53.7 Å². The molecule has 2 fully saturated rings. The Labute approximate surface area is 465 Å². The van der Waals surface area contributed by atoms with Crippen molar-refractivity contribution < 1.29 is 19.2 Å². The first-order valence-electron chi connectivity index (χ1n) is 25.2. The van der Waals surface area contributed by atoms with Gasteiger partial charge < -0.3 is 24.9 Å². The van der Waals surface area contributed by atoms with E-state index in [2.05, 4.69) is 133 Å². The van der Waals surface area contributed by atoms with Gasteiger partial charge in [0.1, 0.15) is 0 Å². The third-order valence-electron chi connectivity index (χ3n) is 12.6. The number of piperazine rings is 2. The van der Waals surface area contributed by atoms with Crippen molar-refractivity contribution in [2.24, 2.45) is 0 Å². The molecule has 0 saturated carbocycles. The molecule has 0 radical (unpaired) electrons. The van der Waals surface area contributed by atoms with Crippen molar-refractivity contribution in [3.8, 4) is 43.1 Å². The summed E-state index contributed by atoms with van der Waals surface area (Å²) < 4.78 is -0.0208. The largest absolute Gasteiger partial charge is 0.339 e. The first-order chi connectivity index (χ1) is 35.0. The fourth-order valence-electron chi connectivity index (χ4n) is 8.14. The number of pyridine rings is 2. The van der Waals surface area contributed by atoms with E-state index in [4.69, 9.17) is 23.2 Å². The predicted molar refractivity (Wildman–Crippen MR) is 313 cm³/mol. The van der Waals surface area contributed by atoms with Crippen LogP contribution in [0.3, 0.4) is 0 Å². The minimum atomic E-state index is -0.0517. The lowest BCUT2D eigenvalue weighted by atomic mass is 9.90. The number of hydrogen-bond acceptors (Lipinski definition) is 10. The van der Waals surface area contributed by atoms with Crippen LogP contribution in [-0.4, -0.2) is 124 Å². The van der Waals surface area contributed by atoms with E-state index in [1.54, 1.807) is 51.5 Å². The van der Waals surface area contributed by atoms with Crippen molar-refractivity contribution in [1.82, 2.24) is 34.9 Å². The molecule has 3 amide bonds. The highest BCUT2D eigenvalue weighted by molar-refractivity contribution is 9.18.